The number of aliphatic hydroxyl groups is 1. The SMILES string of the molecule is O=C(O)C1CC(O)(C(F)(F)F)CN1. The number of nitrogens with one attached hydrogen (secondary N) is 1. The van der Waals surface area contributed by atoms with E-state index in [1.165, 1.54) is 0 Å². The summed E-state index contributed by atoms with van der Waals surface area (Å²) >= 11 is 0. The second kappa shape index (κ2) is 2.85. The Morgan fingerprint density at radius 1 is 1.54 bits per heavy atom. The predicted molar refractivity (Wildman–Crippen MR) is 35.0 cm³/mol. The van der Waals surface area contributed by atoms with E-state index < -0.39 is 36.8 Å². The van der Waals surface area contributed by atoms with E-state index >= 15 is 0 Å². The van der Waals surface area contributed by atoms with Gasteiger partial charge in [-0.15, -0.1) is 0 Å². The van der Waals surface area contributed by atoms with Gasteiger partial charge in [0.2, 0.25) is 0 Å². The standard InChI is InChI=1S/C6H8F3NO3/c7-6(8,9)5(13)1-3(4(11)12)10-2-5/h3,10,13H,1-2H2,(H,11,12). The van der Waals surface area contributed by atoms with Gasteiger partial charge in [0.1, 0.15) is 6.04 Å². The van der Waals surface area contributed by atoms with Crippen LogP contribution in [0.4, 0.5) is 13.2 Å². The summed E-state index contributed by atoms with van der Waals surface area (Å²) in [6.07, 6.45) is -5.63. The number of alkyl halides is 3. The van der Waals surface area contributed by atoms with Crippen molar-refractivity contribution in [3.63, 3.8) is 0 Å². The van der Waals surface area contributed by atoms with Gasteiger partial charge in [-0.25, -0.2) is 0 Å². The molecule has 1 aliphatic heterocycles. The predicted octanol–water partition coefficient (Wildman–Crippen LogP) is -0.274. The Kier molecular flexibility index (Phi) is 2.25. The van der Waals surface area contributed by atoms with Crippen LogP contribution in [-0.4, -0.2) is 40.5 Å². The average molecular weight is 199 g/mol. The van der Waals surface area contributed by atoms with Crippen LogP contribution in [0, 0.1) is 0 Å². The maximum absolute atomic E-state index is 12.1. The van der Waals surface area contributed by atoms with Gasteiger partial charge in [-0.1, -0.05) is 0 Å². The molecule has 0 saturated carbocycles. The summed E-state index contributed by atoms with van der Waals surface area (Å²) in [4.78, 5) is 10.3. The van der Waals surface area contributed by atoms with Crippen molar-refractivity contribution >= 4 is 5.97 Å². The van der Waals surface area contributed by atoms with E-state index in [0.29, 0.717) is 0 Å². The first-order valence-corrected chi connectivity index (χ1v) is 3.51. The Labute approximate surface area is 71.4 Å². The lowest BCUT2D eigenvalue weighted by molar-refractivity contribution is -0.252. The lowest BCUT2D eigenvalue weighted by Crippen LogP contribution is -2.46. The number of halogens is 3. The fourth-order valence-electron chi connectivity index (χ4n) is 1.16. The smallest absolute Gasteiger partial charge is 0.418 e. The second-order valence-corrected chi connectivity index (χ2v) is 3.01. The number of hydrogen-bond acceptors (Lipinski definition) is 3. The van der Waals surface area contributed by atoms with Crippen LogP contribution in [-0.2, 0) is 4.79 Å². The minimum atomic E-state index is -4.79. The van der Waals surface area contributed by atoms with E-state index in [2.05, 4.69) is 5.32 Å². The summed E-state index contributed by atoms with van der Waals surface area (Å²) in [5.74, 6) is -1.39. The molecule has 4 nitrogen and oxygen atoms in total. The first-order valence-electron chi connectivity index (χ1n) is 3.51. The van der Waals surface area contributed by atoms with Crippen molar-refractivity contribution < 1.29 is 28.2 Å². The van der Waals surface area contributed by atoms with Gasteiger partial charge in [0.15, 0.2) is 5.60 Å². The zero-order valence-electron chi connectivity index (χ0n) is 6.43. The lowest BCUT2D eigenvalue weighted by atomic mass is 10.00. The van der Waals surface area contributed by atoms with Gasteiger partial charge >= 0.3 is 12.1 Å². The van der Waals surface area contributed by atoms with Gasteiger partial charge in [-0.05, 0) is 0 Å². The highest BCUT2D eigenvalue weighted by atomic mass is 19.4. The Morgan fingerprint density at radius 2 is 2.08 bits per heavy atom. The summed E-state index contributed by atoms with van der Waals surface area (Å²) in [6, 6.07) is -1.33. The highest BCUT2D eigenvalue weighted by Gasteiger charge is 2.58. The van der Waals surface area contributed by atoms with E-state index in [-0.39, 0.29) is 0 Å². The van der Waals surface area contributed by atoms with E-state index in [1.54, 1.807) is 0 Å². The summed E-state index contributed by atoms with van der Waals surface area (Å²) in [6.45, 7) is -0.770. The molecule has 0 aromatic carbocycles. The first-order chi connectivity index (χ1) is 5.76. The zero-order chi connectivity index (χ0) is 10.3. The number of β-amino-alcohol motifs (C(OH)–C–C–N with tert-alkyl or cyclic N) is 1. The minimum Gasteiger partial charge on any atom is -0.480 e. The molecule has 0 spiro atoms. The van der Waals surface area contributed by atoms with Gasteiger partial charge in [0.25, 0.3) is 0 Å². The van der Waals surface area contributed by atoms with Crippen LogP contribution in [0.5, 0.6) is 0 Å². The number of carbonyl (C=O) groups is 1. The molecule has 0 aliphatic carbocycles. The molecule has 1 fully saturated rings. The number of rotatable bonds is 1. The second-order valence-electron chi connectivity index (χ2n) is 3.01. The Hall–Kier alpha value is -0.820. The Balaban J connectivity index is 2.72. The first kappa shape index (κ1) is 10.3. The molecule has 0 amide bonds. The molecule has 2 atom stereocenters. The molecular formula is C6H8F3NO3. The van der Waals surface area contributed by atoms with Gasteiger partial charge in [-0.3, -0.25) is 4.79 Å². The molecule has 76 valence electrons. The number of carboxylic acid groups (broad SMARTS) is 1. The summed E-state index contributed by atoms with van der Waals surface area (Å²) < 4.78 is 36.3. The normalized spacial score (nSPS) is 34.9. The van der Waals surface area contributed by atoms with Gasteiger partial charge in [-0.2, -0.15) is 13.2 Å². The van der Waals surface area contributed by atoms with Gasteiger partial charge in [0.05, 0.1) is 0 Å². The van der Waals surface area contributed by atoms with Crippen LogP contribution in [0.3, 0.4) is 0 Å². The van der Waals surface area contributed by atoms with Crippen molar-refractivity contribution in [1.82, 2.24) is 5.32 Å². The van der Waals surface area contributed by atoms with Crippen LogP contribution >= 0.6 is 0 Å². The third-order valence-electron chi connectivity index (χ3n) is 2.01. The van der Waals surface area contributed by atoms with Crippen LogP contribution in [0.25, 0.3) is 0 Å². The minimum absolute atomic E-state index is 0.770. The number of carboxylic acids is 1. The Morgan fingerprint density at radius 3 is 2.31 bits per heavy atom. The van der Waals surface area contributed by atoms with E-state index in [1.807, 2.05) is 0 Å². The number of aliphatic carboxylic acids is 1. The molecule has 1 saturated heterocycles. The maximum atomic E-state index is 12.1. The highest BCUT2D eigenvalue weighted by Crippen LogP contribution is 2.36. The fraction of sp³-hybridized carbons (Fsp3) is 0.833. The van der Waals surface area contributed by atoms with E-state index in [9.17, 15) is 18.0 Å². The molecule has 0 radical (unpaired) electrons. The van der Waals surface area contributed by atoms with Crippen LogP contribution in [0.1, 0.15) is 6.42 Å². The molecule has 1 aliphatic rings. The molecule has 3 N–H and O–H groups in total. The molecular weight excluding hydrogens is 191 g/mol. The molecule has 2 unspecified atom stereocenters. The van der Waals surface area contributed by atoms with Gasteiger partial charge in [0, 0.05) is 13.0 Å². The molecule has 0 aromatic rings. The summed E-state index contributed by atoms with van der Waals surface area (Å²) in [5.41, 5.74) is -2.91. The molecule has 0 bridgehead atoms. The third kappa shape index (κ3) is 1.75. The van der Waals surface area contributed by atoms with Crippen molar-refractivity contribution in [2.24, 2.45) is 0 Å². The average Bonchev–Trinajstić information content (AvgIpc) is 2.31. The lowest BCUT2D eigenvalue weighted by Gasteiger charge is -2.24. The molecule has 0 aromatic heterocycles. The summed E-state index contributed by atoms with van der Waals surface area (Å²) in [5, 5.41) is 19.5. The van der Waals surface area contributed by atoms with E-state index in [4.69, 9.17) is 10.2 Å². The quantitative estimate of drug-likeness (QED) is 0.543. The third-order valence-corrected chi connectivity index (χ3v) is 2.01. The Bertz CT molecular complexity index is 230. The van der Waals surface area contributed by atoms with Crippen molar-refractivity contribution in [2.45, 2.75) is 24.2 Å². The van der Waals surface area contributed by atoms with Crippen molar-refractivity contribution in [3.05, 3.63) is 0 Å². The molecule has 1 heterocycles. The van der Waals surface area contributed by atoms with Crippen molar-refractivity contribution in [3.8, 4) is 0 Å². The topological polar surface area (TPSA) is 69.6 Å². The summed E-state index contributed by atoms with van der Waals surface area (Å²) in [7, 11) is 0. The van der Waals surface area contributed by atoms with Crippen LogP contribution < -0.4 is 5.32 Å². The number of hydrogen-bond donors (Lipinski definition) is 3. The van der Waals surface area contributed by atoms with E-state index in [0.717, 1.165) is 0 Å². The highest BCUT2D eigenvalue weighted by molar-refractivity contribution is 5.74. The molecule has 7 heteroatoms. The zero-order valence-corrected chi connectivity index (χ0v) is 6.43. The van der Waals surface area contributed by atoms with Crippen molar-refractivity contribution in [2.75, 3.05) is 6.54 Å². The molecule has 1 rings (SSSR count). The largest absolute Gasteiger partial charge is 0.480 e. The van der Waals surface area contributed by atoms with Crippen LogP contribution in [0.15, 0.2) is 0 Å². The van der Waals surface area contributed by atoms with Crippen LogP contribution in [0.2, 0.25) is 0 Å². The monoisotopic (exact) mass is 199 g/mol. The maximum Gasteiger partial charge on any atom is 0.418 e. The van der Waals surface area contributed by atoms with Crippen molar-refractivity contribution in [1.29, 1.82) is 0 Å². The van der Waals surface area contributed by atoms with Gasteiger partial charge < -0.3 is 15.5 Å². The molecule has 13 heavy (non-hydrogen) atoms. The fourth-order valence-corrected chi connectivity index (χ4v) is 1.16.